The van der Waals surface area contributed by atoms with Gasteiger partial charge in [0.1, 0.15) is 5.82 Å². The second-order valence-electron chi connectivity index (χ2n) is 7.36. The van der Waals surface area contributed by atoms with Gasteiger partial charge in [-0.15, -0.1) is 0 Å². The maximum absolute atomic E-state index is 13.0. The van der Waals surface area contributed by atoms with Crippen molar-refractivity contribution >= 4 is 11.7 Å². The van der Waals surface area contributed by atoms with Crippen LogP contribution in [0.3, 0.4) is 0 Å². The maximum atomic E-state index is 13.0. The highest BCUT2D eigenvalue weighted by Gasteiger charge is 2.35. The van der Waals surface area contributed by atoms with E-state index in [9.17, 15) is 18.0 Å². The van der Waals surface area contributed by atoms with E-state index in [-0.39, 0.29) is 17.6 Å². The van der Waals surface area contributed by atoms with Crippen LogP contribution in [-0.4, -0.2) is 47.0 Å². The number of aromatic nitrogens is 2. The van der Waals surface area contributed by atoms with Crippen LogP contribution in [0.4, 0.5) is 19.0 Å². The van der Waals surface area contributed by atoms with E-state index in [4.69, 9.17) is 0 Å². The standard InChI is InChI=1S/C20H21F3N4O/c1-13-11-17(26-7-9-27(10-8-26)19(28)14-5-6-14)25-18(24-13)15-3-2-4-16(12-15)20(21,22)23/h2-4,11-12,14H,5-10H2,1H3. The van der Waals surface area contributed by atoms with Gasteiger partial charge in [0.2, 0.25) is 5.91 Å². The molecule has 5 nitrogen and oxygen atoms in total. The smallest absolute Gasteiger partial charge is 0.353 e. The number of hydrogen-bond donors (Lipinski definition) is 0. The lowest BCUT2D eigenvalue weighted by Crippen LogP contribution is -2.49. The number of benzene rings is 1. The molecule has 2 aromatic rings. The Morgan fingerprint density at radius 1 is 1.07 bits per heavy atom. The molecule has 0 atom stereocenters. The summed E-state index contributed by atoms with van der Waals surface area (Å²) in [4.78, 5) is 25.0. The van der Waals surface area contributed by atoms with E-state index in [0.717, 1.165) is 25.0 Å². The third kappa shape index (κ3) is 3.95. The van der Waals surface area contributed by atoms with Crippen LogP contribution in [0, 0.1) is 12.8 Å². The van der Waals surface area contributed by atoms with Crippen LogP contribution in [-0.2, 0) is 11.0 Å². The molecule has 0 N–H and O–H groups in total. The molecular weight excluding hydrogens is 369 g/mol. The van der Waals surface area contributed by atoms with Crippen LogP contribution in [0.5, 0.6) is 0 Å². The number of carbonyl (C=O) groups excluding carboxylic acids is 1. The number of anilines is 1. The Hall–Kier alpha value is -2.64. The van der Waals surface area contributed by atoms with Crippen molar-refractivity contribution in [3.8, 4) is 11.4 Å². The van der Waals surface area contributed by atoms with Crippen molar-refractivity contribution in [1.82, 2.24) is 14.9 Å². The first kappa shape index (κ1) is 18.7. The topological polar surface area (TPSA) is 49.3 Å². The minimum absolute atomic E-state index is 0.209. The monoisotopic (exact) mass is 390 g/mol. The number of alkyl halides is 3. The van der Waals surface area contributed by atoms with Crippen LogP contribution in [0.1, 0.15) is 24.1 Å². The van der Waals surface area contributed by atoms with Crippen molar-refractivity contribution in [2.75, 3.05) is 31.1 Å². The molecule has 4 rings (SSSR count). The van der Waals surface area contributed by atoms with Gasteiger partial charge in [0.15, 0.2) is 5.82 Å². The summed E-state index contributed by atoms with van der Waals surface area (Å²) < 4.78 is 39.0. The molecule has 1 saturated carbocycles. The predicted octanol–water partition coefficient (Wildman–Crippen LogP) is 3.53. The van der Waals surface area contributed by atoms with Crippen molar-refractivity contribution in [2.24, 2.45) is 5.92 Å². The summed E-state index contributed by atoms with van der Waals surface area (Å²) in [6.45, 7) is 4.37. The molecule has 1 aliphatic heterocycles. The minimum atomic E-state index is -4.41. The van der Waals surface area contributed by atoms with Gasteiger partial charge in [0.05, 0.1) is 5.56 Å². The number of hydrogen-bond acceptors (Lipinski definition) is 4. The van der Waals surface area contributed by atoms with Crippen LogP contribution in [0.2, 0.25) is 0 Å². The van der Waals surface area contributed by atoms with Crippen molar-refractivity contribution in [3.63, 3.8) is 0 Å². The quantitative estimate of drug-likeness (QED) is 0.805. The van der Waals surface area contributed by atoms with E-state index in [2.05, 4.69) is 14.9 Å². The molecule has 2 heterocycles. The normalized spacial score (nSPS) is 17.7. The average molecular weight is 390 g/mol. The third-order valence-corrected chi connectivity index (χ3v) is 5.13. The van der Waals surface area contributed by atoms with Gasteiger partial charge in [-0.3, -0.25) is 4.79 Å². The third-order valence-electron chi connectivity index (χ3n) is 5.13. The molecule has 1 aromatic heterocycles. The van der Waals surface area contributed by atoms with Gasteiger partial charge >= 0.3 is 6.18 Å². The highest BCUT2D eigenvalue weighted by molar-refractivity contribution is 5.81. The fraction of sp³-hybridized carbons (Fsp3) is 0.450. The summed E-state index contributed by atoms with van der Waals surface area (Å²) >= 11 is 0. The van der Waals surface area contributed by atoms with Gasteiger partial charge in [0, 0.05) is 49.4 Å². The molecule has 0 spiro atoms. The maximum Gasteiger partial charge on any atom is 0.416 e. The van der Waals surface area contributed by atoms with Gasteiger partial charge in [-0.05, 0) is 31.9 Å². The molecule has 2 fully saturated rings. The molecule has 0 unspecified atom stereocenters. The Morgan fingerprint density at radius 3 is 2.43 bits per heavy atom. The van der Waals surface area contributed by atoms with Crippen LogP contribution in [0.25, 0.3) is 11.4 Å². The summed E-state index contributed by atoms with van der Waals surface area (Å²) in [6, 6.07) is 6.89. The van der Waals surface area contributed by atoms with Gasteiger partial charge in [-0.1, -0.05) is 12.1 Å². The molecule has 148 valence electrons. The first-order valence-corrected chi connectivity index (χ1v) is 9.38. The zero-order chi connectivity index (χ0) is 19.9. The van der Waals surface area contributed by atoms with Crippen molar-refractivity contribution < 1.29 is 18.0 Å². The predicted molar refractivity (Wildman–Crippen MR) is 98.7 cm³/mol. The molecule has 1 amide bonds. The Morgan fingerprint density at radius 2 is 1.79 bits per heavy atom. The zero-order valence-electron chi connectivity index (χ0n) is 15.5. The first-order chi connectivity index (χ1) is 13.3. The molecule has 0 bridgehead atoms. The average Bonchev–Trinajstić information content (AvgIpc) is 3.52. The number of piperazine rings is 1. The Labute approximate surface area is 161 Å². The highest BCUT2D eigenvalue weighted by atomic mass is 19.4. The molecule has 1 aromatic carbocycles. The van der Waals surface area contributed by atoms with E-state index in [1.807, 2.05) is 11.0 Å². The summed E-state index contributed by atoms with van der Waals surface area (Å²) in [6.07, 6.45) is -2.43. The summed E-state index contributed by atoms with van der Waals surface area (Å²) in [5.41, 5.74) is 0.306. The molecule has 8 heteroatoms. The Kier molecular flexibility index (Phi) is 4.72. The van der Waals surface area contributed by atoms with Gasteiger partial charge in [-0.25, -0.2) is 9.97 Å². The first-order valence-electron chi connectivity index (χ1n) is 9.38. The molecule has 1 saturated heterocycles. The van der Waals surface area contributed by atoms with E-state index in [1.54, 1.807) is 13.0 Å². The van der Waals surface area contributed by atoms with E-state index in [1.165, 1.54) is 6.07 Å². The fourth-order valence-corrected chi connectivity index (χ4v) is 3.42. The fourth-order valence-electron chi connectivity index (χ4n) is 3.42. The highest BCUT2D eigenvalue weighted by Crippen LogP contribution is 2.33. The van der Waals surface area contributed by atoms with Gasteiger partial charge in [0.25, 0.3) is 0 Å². The number of carbonyl (C=O) groups is 1. The Balaban J connectivity index is 1.54. The lowest BCUT2D eigenvalue weighted by molar-refractivity contribution is -0.137. The number of aryl methyl sites for hydroxylation is 1. The largest absolute Gasteiger partial charge is 0.416 e. The number of halogens is 3. The minimum Gasteiger partial charge on any atom is -0.353 e. The van der Waals surface area contributed by atoms with Crippen LogP contribution < -0.4 is 4.90 Å². The lowest BCUT2D eigenvalue weighted by atomic mass is 10.1. The number of amides is 1. The van der Waals surface area contributed by atoms with Gasteiger partial charge in [-0.2, -0.15) is 13.2 Å². The molecular formula is C20H21F3N4O. The molecule has 0 radical (unpaired) electrons. The van der Waals surface area contributed by atoms with Crippen molar-refractivity contribution in [1.29, 1.82) is 0 Å². The van der Waals surface area contributed by atoms with Crippen molar-refractivity contribution in [2.45, 2.75) is 25.9 Å². The summed E-state index contributed by atoms with van der Waals surface area (Å²) in [7, 11) is 0. The summed E-state index contributed by atoms with van der Waals surface area (Å²) in [5, 5.41) is 0. The number of nitrogens with zero attached hydrogens (tertiary/aromatic N) is 4. The SMILES string of the molecule is Cc1cc(N2CCN(C(=O)C3CC3)CC2)nc(-c2cccc(C(F)(F)F)c2)n1. The Bertz CT molecular complexity index is 887. The molecule has 1 aliphatic carbocycles. The van der Waals surface area contributed by atoms with E-state index < -0.39 is 11.7 Å². The number of rotatable bonds is 3. The van der Waals surface area contributed by atoms with Crippen molar-refractivity contribution in [3.05, 3.63) is 41.6 Å². The van der Waals surface area contributed by atoms with Crippen LogP contribution in [0.15, 0.2) is 30.3 Å². The van der Waals surface area contributed by atoms with E-state index >= 15 is 0 Å². The molecule has 28 heavy (non-hydrogen) atoms. The second-order valence-corrected chi connectivity index (χ2v) is 7.36. The van der Waals surface area contributed by atoms with Crippen LogP contribution >= 0.6 is 0 Å². The van der Waals surface area contributed by atoms with Gasteiger partial charge < -0.3 is 9.80 Å². The lowest BCUT2D eigenvalue weighted by Gasteiger charge is -2.35. The molecule has 2 aliphatic rings. The second kappa shape index (κ2) is 7.07. The van der Waals surface area contributed by atoms with E-state index in [0.29, 0.717) is 43.3 Å². The zero-order valence-corrected chi connectivity index (χ0v) is 15.5. The summed E-state index contributed by atoms with van der Waals surface area (Å²) in [5.74, 6) is 1.40.